The number of rotatable bonds is 10. The Bertz CT molecular complexity index is 368. The van der Waals surface area contributed by atoms with Gasteiger partial charge in [-0.05, 0) is 43.5 Å². The minimum Gasteiger partial charge on any atom is -0.313 e. The summed E-state index contributed by atoms with van der Waals surface area (Å²) in [6, 6.07) is 7.42. The Morgan fingerprint density at radius 3 is 2.70 bits per heavy atom. The van der Waals surface area contributed by atoms with Crippen LogP contribution >= 0.6 is 11.8 Å². The Morgan fingerprint density at radius 2 is 2.05 bits per heavy atom. The summed E-state index contributed by atoms with van der Waals surface area (Å²) in [5.74, 6) is 1.65. The van der Waals surface area contributed by atoms with Crippen molar-refractivity contribution < 1.29 is 4.39 Å². The summed E-state index contributed by atoms with van der Waals surface area (Å²) in [5.41, 5.74) is 0. The van der Waals surface area contributed by atoms with E-state index in [-0.39, 0.29) is 5.82 Å². The summed E-state index contributed by atoms with van der Waals surface area (Å²) in [6.07, 6.45) is 4.92. The second-order valence-corrected chi connectivity index (χ2v) is 6.84. The number of halogens is 1. The van der Waals surface area contributed by atoms with E-state index in [1.54, 1.807) is 23.9 Å². The predicted molar refractivity (Wildman–Crippen MR) is 87.9 cm³/mol. The zero-order chi connectivity index (χ0) is 14.8. The third-order valence-corrected chi connectivity index (χ3v) is 4.42. The molecule has 1 nitrogen and oxygen atoms in total. The number of thioether (sulfide) groups is 1. The van der Waals surface area contributed by atoms with Gasteiger partial charge in [0.25, 0.3) is 0 Å². The molecule has 0 aliphatic heterocycles. The molecule has 0 amide bonds. The lowest BCUT2D eigenvalue weighted by Gasteiger charge is -2.18. The third kappa shape index (κ3) is 7.91. The molecule has 0 aliphatic rings. The van der Waals surface area contributed by atoms with E-state index in [2.05, 4.69) is 26.1 Å². The summed E-state index contributed by atoms with van der Waals surface area (Å²) < 4.78 is 13.2. The smallest absolute Gasteiger partial charge is 0.124 e. The van der Waals surface area contributed by atoms with Gasteiger partial charge in [-0.1, -0.05) is 39.7 Å². The van der Waals surface area contributed by atoms with Crippen molar-refractivity contribution in [3.8, 4) is 0 Å². The molecule has 1 N–H and O–H groups in total. The van der Waals surface area contributed by atoms with Gasteiger partial charge < -0.3 is 5.32 Å². The van der Waals surface area contributed by atoms with Crippen molar-refractivity contribution in [2.45, 2.75) is 57.4 Å². The normalized spacial score (nSPS) is 12.8. The molecule has 1 rings (SSSR count). The standard InChI is InChI=1S/C17H28FNS/c1-4-11-19-16(9-5-7-14(2)3)13-20-17-10-6-8-15(18)12-17/h6,8,10,12,14,16,19H,4-5,7,9,11,13H2,1-3H3. The van der Waals surface area contributed by atoms with E-state index in [1.807, 2.05) is 6.07 Å². The molecule has 1 aromatic carbocycles. The fourth-order valence-corrected chi connectivity index (χ4v) is 3.17. The van der Waals surface area contributed by atoms with Crippen molar-refractivity contribution in [3.05, 3.63) is 30.1 Å². The molecule has 3 heteroatoms. The van der Waals surface area contributed by atoms with Crippen molar-refractivity contribution >= 4 is 11.8 Å². The SMILES string of the molecule is CCCNC(CCCC(C)C)CSc1cccc(F)c1. The molecule has 0 aliphatic carbocycles. The Hall–Kier alpha value is -0.540. The fourth-order valence-electron chi connectivity index (χ4n) is 2.12. The van der Waals surface area contributed by atoms with Crippen LogP contribution < -0.4 is 5.32 Å². The van der Waals surface area contributed by atoms with Crippen molar-refractivity contribution in [3.63, 3.8) is 0 Å². The summed E-state index contributed by atoms with van der Waals surface area (Å²) in [7, 11) is 0. The molecule has 0 heterocycles. The summed E-state index contributed by atoms with van der Waals surface area (Å²) in [4.78, 5) is 1.03. The average Bonchev–Trinajstić information content (AvgIpc) is 2.41. The molecule has 0 radical (unpaired) electrons. The zero-order valence-corrected chi connectivity index (χ0v) is 13.8. The fraction of sp³-hybridized carbons (Fsp3) is 0.647. The lowest BCUT2D eigenvalue weighted by atomic mass is 10.0. The molecule has 0 aromatic heterocycles. The van der Waals surface area contributed by atoms with Crippen molar-refractivity contribution in [2.75, 3.05) is 12.3 Å². The van der Waals surface area contributed by atoms with Gasteiger partial charge in [-0.15, -0.1) is 11.8 Å². The number of hydrogen-bond donors (Lipinski definition) is 1. The van der Waals surface area contributed by atoms with Crippen LogP contribution in [0.25, 0.3) is 0 Å². The predicted octanol–water partition coefficient (Wildman–Crippen LogP) is 5.11. The van der Waals surface area contributed by atoms with Crippen molar-refractivity contribution in [1.82, 2.24) is 5.32 Å². The lowest BCUT2D eigenvalue weighted by Crippen LogP contribution is -2.32. The maximum Gasteiger partial charge on any atom is 0.124 e. The first-order valence-corrected chi connectivity index (χ1v) is 8.72. The molecule has 0 bridgehead atoms. The Labute approximate surface area is 127 Å². The first-order chi connectivity index (χ1) is 9.61. The Balaban J connectivity index is 2.38. The molecule has 0 saturated heterocycles. The first kappa shape index (κ1) is 17.5. The van der Waals surface area contributed by atoms with Crippen LogP contribution in [0.5, 0.6) is 0 Å². The van der Waals surface area contributed by atoms with E-state index in [0.29, 0.717) is 6.04 Å². The number of nitrogens with one attached hydrogen (secondary N) is 1. The minimum absolute atomic E-state index is 0.145. The van der Waals surface area contributed by atoms with Gasteiger partial charge in [0.15, 0.2) is 0 Å². The Morgan fingerprint density at radius 1 is 1.25 bits per heavy atom. The molecule has 20 heavy (non-hydrogen) atoms. The Kier molecular flexibility index (Phi) is 8.95. The largest absolute Gasteiger partial charge is 0.313 e. The second-order valence-electron chi connectivity index (χ2n) is 5.74. The molecular weight excluding hydrogens is 269 g/mol. The van der Waals surface area contributed by atoms with E-state index < -0.39 is 0 Å². The van der Waals surface area contributed by atoms with Crippen molar-refractivity contribution in [1.29, 1.82) is 0 Å². The van der Waals surface area contributed by atoms with Gasteiger partial charge in [0.05, 0.1) is 0 Å². The maximum absolute atomic E-state index is 13.2. The van der Waals surface area contributed by atoms with Crippen LogP contribution in [-0.4, -0.2) is 18.3 Å². The van der Waals surface area contributed by atoms with E-state index in [4.69, 9.17) is 0 Å². The molecule has 0 saturated carbocycles. The van der Waals surface area contributed by atoms with Gasteiger partial charge in [-0.2, -0.15) is 0 Å². The van der Waals surface area contributed by atoms with Crippen LogP contribution in [-0.2, 0) is 0 Å². The van der Waals surface area contributed by atoms with Crippen molar-refractivity contribution in [2.24, 2.45) is 5.92 Å². The molecule has 1 atom stereocenters. The first-order valence-electron chi connectivity index (χ1n) is 7.73. The molecule has 114 valence electrons. The van der Waals surface area contributed by atoms with Gasteiger partial charge >= 0.3 is 0 Å². The van der Waals surface area contributed by atoms with Crippen LogP contribution in [0.2, 0.25) is 0 Å². The third-order valence-electron chi connectivity index (χ3n) is 3.26. The maximum atomic E-state index is 13.2. The lowest BCUT2D eigenvalue weighted by molar-refractivity contribution is 0.462. The molecule has 1 unspecified atom stereocenters. The highest BCUT2D eigenvalue weighted by Gasteiger charge is 2.09. The van der Waals surface area contributed by atoms with E-state index >= 15 is 0 Å². The van der Waals surface area contributed by atoms with Crippen LogP contribution in [0.4, 0.5) is 4.39 Å². The topological polar surface area (TPSA) is 12.0 Å². The van der Waals surface area contributed by atoms with Gasteiger partial charge in [0, 0.05) is 16.7 Å². The van der Waals surface area contributed by atoms with Gasteiger partial charge in [0.1, 0.15) is 5.82 Å². The van der Waals surface area contributed by atoms with Gasteiger partial charge in [0.2, 0.25) is 0 Å². The van der Waals surface area contributed by atoms with Crippen LogP contribution in [0, 0.1) is 11.7 Å². The highest BCUT2D eigenvalue weighted by molar-refractivity contribution is 7.99. The molecule has 1 aromatic rings. The number of benzene rings is 1. The summed E-state index contributed by atoms with van der Waals surface area (Å²) in [6.45, 7) is 7.81. The monoisotopic (exact) mass is 297 g/mol. The van der Waals surface area contributed by atoms with Gasteiger partial charge in [-0.3, -0.25) is 0 Å². The van der Waals surface area contributed by atoms with Gasteiger partial charge in [-0.25, -0.2) is 4.39 Å². The number of hydrogen-bond acceptors (Lipinski definition) is 2. The zero-order valence-electron chi connectivity index (χ0n) is 13.0. The van der Waals surface area contributed by atoms with E-state index in [9.17, 15) is 4.39 Å². The highest BCUT2D eigenvalue weighted by atomic mass is 32.2. The molecule has 0 fully saturated rings. The summed E-state index contributed by atoms with van der Waals surface area (Å²) in [5, 5.41) is 3.61. The quantitative estimate of drug-likeness (QED) is 0.602. The molecular formula is C17H28FNS. The summed E-state index contributed by atoms with van der Waals surface area (Å²) >= 11 is 1.75. The van der Waals surface area contributed by atoms with Crippen LogP contribution in [0.15, 0.2) is 29.2 Å². The van der Waals surface area contributed by atoms with E-state index in [1.165, 1.54) is 25.3 Å². The van der Waals surface area contributed by atoms with E-state index in [0.717, 1.165) is 29.5 Å². The molecule has 0 spiro atoms. The second kappa shape index (κ2) is 10.2. The minimum atomic E-state index is -0.145. The average molecular weight is 297 g/mol. The van der Waals surface area contributed by atoms with Crippen LogP contribution in [0.3, 0.4) is 0 Å². The highest BCUT2D eigenvalue weighted by Crippen LogP contribution is 2.21. The van der Waals surface area contributed by atoms with Crippen LogP contribution in [0.1, 0.15) is 46.5 Å².